The van der Waals surface area contributed by atoms with Crippen LogP contribution < -0.4 is 10.6 Å². The summed E-state index contributed by atoms with van der Waals surface area (Å²) in [7, 11) is -1.27. The SMILES string of the molecule is CCOC(CCNC(=NC)NCCS(=O)(=O)CC)C(C)C.I. The molecule has 1 atom stereocenters. The van der Waals surface area contributed by atoms with Crippen LogP contribution in [0.15, 0.2) is 4.99 Å². The molecule has 8 heteroatoms. The Balaban J connectivity index is 0. The normalized spacial score (nSPS) is 13.6. The number of guanidine groups is 1. The molecule has 0 rings (SSSR count). The lowest BCUT2D eigenvalue weighted by atomic mass is 10.0. The van der Waals surface area contributed by atoms with Crippen molar-refractivity contribution < 1.29 is 13.2 Å². The molecule has 0 amide bonds. The molecule has 0 aliphatic heterocycles. The van der Waals surface area contributed by atoms with Gasteiger partial charge in [-0.15, -0.1) is 24.0 Å². The molecule has 0 bridgehead atoms. The van der Waals surface area contributed by atoms with E-state index in [1.54, 1.807) is 14.0 Å². The van der Waals surface area contributed by atoms with Gasteiger partial charge in [0.1, 0.15) is 0 Å². The lowest BCUT2D eigenvalue weighted by molar-refractivity contribution is 0.0258. The Labute approximate surface area is 152 Å². The first-order valence-corrected chi connectivity index (χ1v) is 9.44. The molecule has 0 aromatic carbocycles. The van der Waals surface area contributed by atoms with Crippen molar-refractivity contribution >= 4 is 39.8 Å². The molecule has 0 aliphatic carbocycles. The molecule has 0 fully saturated rings. The highest BCUT2D eigenvalue weighted by atomic mass is 127. The van der Waals surface area contributed by atoms with Crippen LogP contribution in [-0.4, -0.2) is 58.7 Å². The molecule has 0 spiro atoms. The van der Waals surface area contributed by atoms with Crippen LogP contribution in [-0.2, 0) is 14.6 Å². The third kappa shape index (κ3) is 11.5. The number of halogens is 1. The van der Waals surface area contributed by atoms with Gasteiger partial charge in [-0.2, -0.15) is 0 Å². The zero-order valence-corrected chi connectivity index (χ0v) is 17.5. The van der Waals surface area contributed by atoms with Crippen LogP contribution in [0.4, 0.5) is 0 Å². The topological polar surface area (TPSA) is 79.8 Å². The summed E-state index contributed by atoms with van der Waals surface area (Å²) in [5, 5.41) is 6.20. The first-order valence-electron chi connectivity index (χ1n) is 7.62. The van der Waals surface area contributed by atoms with Gasteiger partial charge >= 0.3 is 0 Å². The van der Waals surface area contributed by atoms with E-state index < -0.39 is 9.84 Å². The number of ether oxygens (including phenoxy) is 1. The van der Waals surface area contributed by atoms with Gasteiger partial charge < -0.3 is 15.4 Å². The molecular weight excluding hydrogens is 417 g/mol. The Kier molecular flexibility index (Phi) is 14.7. The summed E-state index contributed by atoms with van der Waals surface area (Å²) in [5.41, 5.74) is 0. The number of nitrogens with zero attached hydrogens (tertiary/aromatic N) is 1. The van der Waals surface area contributed by atoms with Crippen LogP contribution in [0, 0.1) is 5.92 Å². The molecule has 0 aliphatic rings. The average Bonchev–Trinajstić information content (AvgIpc) is 2.44. The van der Waals surface area contributed by atoms with Crippen molar-refractivity contribution in [3.63, 3.8) is 0 Å². The zero-order valence-electron chi connectivity index (χ0n) is 14.4. The Hall–Kier alpha value is -0.0900. The van der Waals surface area contributed by atoms with E-state index >= 15 is 0 Å². The first-order chi connectivity index (χ1) is 9.86. The Morgan fingerprint density at radius 1 is 1.18 bits per heavy atom. The van der Waals surface area contributed by atoms with Crippen molar-refractivity contribution in [2.75, 3.05) is 38.2 Å². The van der Waals surface area contributed by atoms with Crippen LogP contribution in [0.3, 0.4) is 0 Å². The molecule has 0 saturated carbocycles. The van der Waals surface area contributed by atoms with E-state index in [4.69, 9.17) is 4.74 Å². The summed E-state index contributed by atoms with van der Waals surface area (Å²) < 4.78 is 28.5. The highest BCUT2D eigenvalue weighted by molar-refractivity contribution is 14.0. The zero-order chi connectivity index (χ0) is 16.3. The summed E-state index contributed by atoms with van der Waals surface area (Å²) in [4.78, 5) is 4.08. The van der Waals surface area contributed by atoms with Crippen LogP contribution in [0.25, 0.3) is 0 Å². The number of rotatable bonds is 10. The van der Waals surface area contributed by atoms with Gasteiger partial charge in [-0.1, -0.05) is 20.8 Å². The van der Waals surface area contributed by atoms with E-state index in [1.807, 2.05) is 6.92 Å². The van der Waals surface area contributed by atoms with Gasteiger partial charge in [-0.05, 0) is 19.3 Å². The summed E-state index contributed by atoms with van der Waals surface area (Å²) >= 11 is 0. The molecule has 0 aromatic rings. The minimum absolute atomic E-state index is 0. The molecule has 2 N–H and O–H groups in total. The number of nitrogens with one attached hydrogen (secondary N) is 2. The second-order valence-corrected chi connectivity index (χ2v) is 7.66. The molecule has 1 unspecified atom stereocenters. The standard InChI is InChI=1S/C14H31N3O3S.HI/c1-6-20-13(12(3)4)8-9-16-14(15-5)17-10-11-21(18,19)7-2;/h12-13H,6-11H2,1-5H3,(H2,15,16,17);1H. The number of sulfone groups is 1. The maximum absolute atomic E-state index is 11.4. The van der Waals surface area contributed by atoms with Crippen molar-refractivity contribution in [2.24, 2.45) is 10.9 Å². The van der Waals surface area contributed by atoms with Gasteiger partial charge in [0.05, 0.1) is 11.9 Å². The summed E-state index contributed by atoms with van der Waals surface area (Å²) in [5.74, 6) is 1.39. The van der Waals surface area contributed by atoms with Crippen molar-refractivity contribution in [3.05, 3.63) is 0 Å². The van der Waals surface area contributed by atoms with E-state index in [9.17, 15) is 8.42 Å². The summed E-state index contributed by atoms with van der Waals surface area (Å²) in [6.45, 7) is 9.76. The van der Waals surface area contributed by atoms with Crippen LogP contribution in [0.2, 0.25) is 0 Å². The number of hydrogen-bond donors (Lipinski definition) is 2. The molecule has 0 aromatic heterocycles. The minimum atomic E-state index is -2.94. The fourth-order valence-corrected chi connectivity index (χ4v) is 2.55. The summed E-state index contributed by atoms with van der Waals surface area (Å²) in [6.07, 6.45) is 1.11. The fraction of sp³-hybridized carbons (Fsp3) is 0.929. The molecule has 6 nitrogen and oxygen atoms in total. The highest BCUT2D eigenvalue weighted by Gasteiger charge is 2.13. The quantitative estimate of drug-likeness (QED) is 0.301. The van der Waals surface area contributed by atoms with Gasteiger partial charge in [0, 0.05) is 32.5 Å². The second kappa shape index (κ2) is 13.4. The molecular formula is C14H32IN3O3S. The monoisotopic (exact) mass is 449 g/mol. The van der Waals surface area contributed by atoms with Crippen molar-refractivity contribution in [3.8, 4) is 0 Å². The smallest absolute Gasteiger partial charge is 0.191 e. The van der Waals surface area contributed by atoms with Crippen LogP contribution in [0.1, 0.15) is 34.1 Å². The van der Waals surface area contributed by atoms with Gasteiger partial charge in [0.25, 0.3) is 0 Å². The van der Waals surface area contributed by atoms with Crippen molar-refractivity contribution in [1.29, 1.82) is 0 Å². The van der Waals surface area contributed by atoms with Gasteiger partial charge in [-0.25, -0.2) is 8.42 Å². The Bertz CT molecular complexity index is 400. The predicted octanol–water partition coefficient (Wildman–Crippen LogP) is 1.66. The largest absolute Gasteiger partial charge is 0.378 e. The van der Waals surface area contributed by atoms with Gasteiger partial charge in [-0.3, -0.25) is 4.99 Å². The van der Waals surface area contributed by atoms with Crippen LogP contribution in [0.5, 0.6) is 0 Å². The maximum atomic E-state index is 11.4. The van der Waals surface area contributed by atoms with E-state index in [0.29, 0.717) is 25.0 Å². The Morgan fingerprint density at radius 2 is 1.77 bits per heavy atom. The van der Waals surface area contributed by atoms with E-state index in [2.05, 4.69) is 29.5 Å². The third-order valence-corrected chi connectivity index (χ3v) is 4.92. The molecule has 134 valence electrons. The average molecular weight is 449 g/mol. The molecule has 0 saturated heterocycles. The number of hydrogen-bond acceptors (Lipinski definition) is 4. The summed E-state index contributed by atoms with van der Waals surface area (Å²) in [6, 6.07) is 0. The van der Waals surface area contributed by atoms with Gasteiger partial charge in [0.15, 0.2) is 15.8 Å². The third-order valence-electron chi connectivity index (χ3n) is 3.21. The van der Waals surface area contributed by atoms with E-state index in [-0.39, 0.29) is 41.6 Å². The molecule has 0 heterocycles. The maximum Gasteiger partial charge on any atom is 0.191 e. The van der Waals surface area contributed by atoms with Gasteiger partial charge in [0.2, 0.25) is 0 Å². The first kappa shape index (κ1) is 24.2. The van der Waals surface area contributed by atoms with E-state index in [0.717, 1.165) is 13.0 Å². The minimum Gasteiger partial charge on any atom is -0.378 e. The molecule has 22 heavy (non-hydrogen) atoms. The van der Waals surface area contributed by atoms with Crippen molar-refractivity contribution in [1.82, 2.24) is 10.6 Å². The number of aliphatic imine (C=N–C) groups is 1. The lowest BCUT2D eigenvalue weighted by Gasteiger charge is -2.21. The lowest BCUT2D eigenvalue weighted by Crippen LogP contribution is -2.41. The van der Waals surface area contributed by atoms with E-state index in [1.165, 1.54) is 0 Å². The fourth-order valence-electron chi connectivity index (χ4n) is 1.85. The highest BCUT2D eigenvalue weighted by Crippen LogP contribution is 2.09. The second-order valence-electron chi connectivity index (χ2n) is 5.19. The Morgan fingerprint density at radius 3 is 2.23 bits per heavy atom. The van der Waals surface area contributed by atoms with Crippen LogP contribution >= 0.6 is 24.0 Å². The molecule has 0 radical (unpaired) electrons. The van der Waals surface area contributed by atoms with Crippen molar-refractivity contribution in [2.45, 2.75) is 40.2 Å². The predicted molar refractivity (Wildman–Crippen MR) is 104 cm³/mol.